The quantitative estimate of drug-likeness (QED) is 0.878. The Morgan fingerprint density at radius 1 is 1.35 bits per heavy atom. The van der Waals surface area contributed by atoms with Crippen LogP contribution in [0.4, 0.5) is 0 Å². The van der Waals surface area contributed by atoms with E-state index in [4.69, 9.17) is 10.3 Å². The molecule has 1 atom stereocenters. The lowest BCUT2D eigenvalue weighted by atomic mass is 9.99. The molecule has 17 heavy (non-hydrogen) atoms. The minimum atomic E-state index is -0.0145. The van der Waals surface area contributed by atoms with Gasteiger partial charge in [-0.3, -0.25) is 0 Å². The number of rotatable bonds is 5. The van der Waals surface area contributed by atoms with E-state index in [1.165, 1.54) is 0 Å². The third kappa shape index (κ3) is 2.87. The molecule has 0 fully saturated rings. The first-order chi connectivity index (χ1) is 8.35. The summed E-state index contributed by atoms with van der Waals surface area (Å²) in [7, 11) is 0. The van der Waals surface area contributed by atoms with Crippen LogP contribution in [0.15, 0.2) is 34.9 Å². The summed E-state index contributed by atoms with van der Waals surface area (Å²) in [5.74, 6) is 2.07. The number of hydrogen-bond donors (Lipinski definition) is 1. The van der Waals surface area contributed by atoms with Gasteiger partial charge in [-0.05, 0) is 11.8 Å². The van der Waals surface area contributed by atoms with Crippen LogP contribution in [0.2, 0.25) is 0 Å². The molecule has 2 aromatic rings. The minimum Gasteiger partial charge on any atom is -0.339 e. The fraction of sp³-hybridized carbons (Fsp3) is 0.333. The topological polar surface area (TPSA) is 64.9 Å². The second-order valence-corrected chi connectivity index (χ2v) is 4.55. The van der Waals surface area contributed by atoms with Crippen LogP contribution in [-0.4, -0.2) is 22.9 Å². The van der Waals surface area contributed by atoms with Crippen molar-refractivity contribution >= 4 is 11.8 Å². The van der Waals surface area contributed by atoms with Crippen molar-refractivity contribution in [2.24, 2.45) is 5.73 Å². The minimum absolute atomic E-state index is 0.0145. The average Bonchev–Trinajstić information content (AvgIpc) is 2.81. The highest BCUT2D eigenvalue weighted by Gasteiger charge is 2.19. The molecule has 0 spiro atoms. The van der Waals surface area contributed by atoms with E-state index in [2.05, 4.69) is 10.1 Å². The van der Waals surface area contributed by atoms with E-state index >= 15 is 0 Å². The van der Waals surface area contributed by atoms with E-state index in [1.807, 2.05) is 36.6 Å². The SMILES string of the molecule is CSCc1noc(C(CN)c2ccccc2)n1. The number of benzene rings is 1. The molecule has 0 amide bonds. The zero-order chi connectivity index (χ0) is 12.1. The van der Waals surface area contributed by atoms with Crippen molar-refractivity contribution in [1.29, 1.82) is 0 Å². The van der Waals surface area contributed by atoms with Crippen LogP contribution in [-0.2, 0) is 5.75 Å². The summed E-state index contributed by atoms with van der Waals surface area (Å²) in [5.41, 5.74) is 6.89. The molecule has 1 aromatic carbocycles. The average molecular weight is 249 g/mol. The summed E-state index contributed by atoms with van der Waals surface area (Å²) in [6, 6.07) is 9.99. The molecule has 1 aromatic heterocycles. The zero-order valence-electron chi connectivity index (χ0n) is 9.67. The normalized spacial score (nSPS) is 12.6. The van der Waals surface area contributed by atoms with Crippen LogP contribution < -0.4 is 5.73 Å². The summed E-state index contributed by atoms with van der Waals surface area (Å²) in [6.07, 6.45) is 2.01. The van der Waals surface area contributed by atoms with Gasteiger partial charge >= 0.3 is 0 Å². The van der Waals surface area contributed by atoms with Gasteiger partial charge in [0.15, 0.2) is 5.82 Å². The molecule has 2 rings (SSSR count). The van der Waals surface area contributed by atoms with E-state index in [0.717, 1.165) is 17.1 Å². The number of aromatic nitrogens is 2. The lowest BCUT2D eigenvalue weighted by molar-refractivity contribution is 0.363. The van der Waals surface area contributed by atoms with E-state index < -0.39 is 0 Å². The third-order valence-corrected chi connectivity index (χ3v) is 3.04. The summed E-state index contributed by atoms with van der Waals surface area (Å²) < 4.78 is 5.27. The lowest BCUT2D eigenvalue weighted by Gasteiger charge is -2.09. The monoisotopic (exact) mass is 249 g/mol. The fourth-order valence-corrected chi connectivity index (χ4v) is 2.04. The van der Waals surface area contributed by atoms with E-state index in [0.29, 0.717) is 12.4 Å². The van der Waals surface area contributed by atoms with Crippen LogP contribution in [0.3, 0.4) is 0 Å². The molecular formula is C12H15N3OS. The molecule has 0 aliphatic carbocycles. The van der Waals surface area contributed by atoms with Crippen LogP contribution in [0.1, 0.15) is 23.2 Å². The summed E-state index contributed by atoms with van der Waals surface area (Å²) in [4.78, 5) is 4.37. The Kier molecular flexibility index (Phi) is 4.17. The Morgan fingerprint density at radius 3 is 2.76 bits per heavy atom. The van der Waals surface area contributed by atoms with E-state index in [-0.39, 0.29) is 5.92 Å². The molecule has 90 valence electrons. The smallest absolute Gasteiger partial charge is 0.235 e. The van der Waals surface area contributed by atoms with Crippen LogP contribution in [0.25, 0.3) is 0 Å². The lowest BCUT2D eigenvalue weighted by Crippen LogP contribution is -2.14. The molecule has 0 bridgehead atoms. The summed E-state index contributed by atoms with van der Waals surface area (Å²) in [5, 5.41) is 3.94. The Balaban J connectivity index is 2.23. The standard InChI is InChI=1S/C12H15N3OS/c1-17-8-11-14-12(16-15-11)10(7-13)9-5-3-2-4-6-9/h2-6,10H,7-8,13H2,1H3. The molecule has 0 saturated carbocycles. The number of nitrogens with zero attached hydrogens (tertiary/aromatic N) is 2. The molecule has 0 aliphatic rings. The van der Waals surface area contributed by atoms with Gasteiger partial charge in [0.2, 0.25) is 5.89 Å². The van der Waals surface area contributed by atoms with Gasteiger partial charge in [0.1, 0.15) is 0 Å². The van der Waals surface area contributed by atoms with Crippen molar-refractivity contribution in [3.05, 3.63) is 47.6 Å². The maximum absolute atomic E-state index is 5.79. The Bertz CT molecular complexity index is 458. The highest BCUT2D eigenvalue weighted by Crippen LogP contribution is 2.22. The van der Waals surface area contributed by atoms with Crippen LogP contribution in [0.5, 0.6) is 0 Å². The Morgan fingerprint density at radius 2 is 2.12 bits per heavy atom. The number of nitrogens with two attached hydrogens (primary N) is 1. The van der Waals surface area contributed by atoms with E-state index in [9.17, 15) is 0 Å². The molecule has 0 saturated heterocycles. The number of thioether (sulfide) groups is 1. The molecule has 2 N–H and O–H groups in total. The molecule has 1 heterocycles. The van der Waals surface area contributed by atoms with Crippen molar-refractivity contribution in [2.45, 2.75) is 11.7 Å². The van der Waals surface area contributed by atoms with Crippen molar-refractivity contribution in [2.75, 3.05) is 12.8 Å². The fourth-order valence-electron chi connectivity index (χ4n) is 1.66. The maximum Gasteiger partial charge on any atom is 0.235 e. The Hall–Kier alpha value is -1.33. The molecule has 0 radical (unpaired) electrons. The van der Waals surface area contributed by atoms with E-state index in [1.54, 1.807) is 11.8 Å². The molecule has 0 aliphatic heterocycles. The van der Waals surface area contributed by atoms with Crippen LogP contribution in [0, 0.1) is 0 Å². The zero-order valence-corrected chi connectivity index (χ0v) is 10.5. The van der Waals surface area contributed by atoms with Crippen LogP contribution >= 0.6 is 11.8 Å². The van der Waals surface area contributed by atoms with Gasteiger partial charge in [-0.1, -0.05) is 35.5 Å². The van der Waals surface area contributed by atoms with Crippen molar-refractivity contribution in [3.8, 4) is 0 Å². The number of hydrogen-bond acceptors (Lipinski definition) is 5. The maximum atomic E-state index is 5.79. The van der Waals surface area contributed by atoms with Gasteiger partial charge in [0.25, 0.3) is 0 Å². The van der Waals surface area contributed by atoms with Gasteiger partial charge in [-0.15, -0.1) is 0 Å². The van der Waals surface area contributed by atoms with Gasteiger partial charge in [0.05, 0.1) is 11.7 Å². The van der Waals surface area contributed by atoms with Gasteiger partial charge in [-0.25, -0.2) is 0 Å². The molecule has 4 nitrogen and oxygen atoms in total. The predicted molar refractivity (Wildman–Crippen MR) is 68.9 cm³/mol. The molecule has 1 unspecified atom stereocenters. The Labute approximate surface area is 105 Å². The highest BCUT2D eigenvalue weighted by atomic mass is 32.2. The first kappa shape index (κ1) is 12.1. The first-order valence-corrected chi connectivity index (χ1v) is 6.81. The molecule has 5 heteroatoms. The van der Waals surface area contributed by atoms with Crippen molar-refractivity contribution in [1.82, 2.24) is 10.1 Å². The summed E-state index contributed by atoms with van der Waals surface area (Å²) >= 11 is 1.67. The molecular weight excluding hydrogens is 234 g/mol. The van der Waals surface area contributed by atoms with Crippen molar-refractivity contribution in [3.63, 3.8) is 0 Å². The largest absolute Gasteiger partial charge is 0.339 e. The third-order valence-electron chi connectivity index (χ3n) is 2.49. The first-order valence-electron chi connectivity index (χ1n) is 5.41. The van der Waals surface area contributed by atoms with Crippen molar-refractivity contribution < 1.29 is 4.52 Å². The van der Waals surface area contributed by atoms with Gasteiger partial charge in [-0.2, -0.15) is 16.7 Å². The second kappa shape index (κ2) is 5.84. The second-order valence-electron chi connectivity index (χ2n) is 3.68. The highest BCUT2D eigenvalue weighted by molar-refractivity contribution is 7.97. The summed E-state index contributed by atoms with van der Waals surface area (Å²) in [6.45, 7) is 0.463. The van der Waals surface area contributed by atoms with Gasteiger partial charge in [0, 0.05) is 6.54 Å². The predicted octanol–water partition coefficient (Wildman–Crippen LogP) is 2.02. The van der Waals surface area contributed by atoms with Gasteiger partial charge < -0.3 is 10.3 Å².